The summed E-state index contributed by atoms with van der Waals surface area (Å²) in [7, 11) is 0. The number of rotatable bonds is 3. The molecule has 1 saturated carbocycles. The predicted molar refractivity (Wildman–Crippen MR) is 71.4 cm³/mol. The van der Waals surface area contributed by atoms with Gasteiger partial charge in [-0.2, -0.15) is 0 Å². The van der Waals surface area contributed by atoms with Crippen molar-refractivity contribution >= 4 is 11.8 Å². The molecular weight excluding hydrogens is 244 g/mol. The zero-order chi connectivity index (χ0) is 13.8. The van der Waals surface area contributed by atoms with Crippen LogP contribution in [0.3, 0.4) is 0 Å². The summed E-state index contributed by atoms with van der Waals surface area (Å²) in [6, 6.07) is 0.163. The summed E-state index contributed by atoms with van der Waals surface area (Å²) in [5.41, 5.74) is 0. The third kappa shape index (κ3) is 3.47. The van der Waals surface area contributed by atoms with Crippen molar-refractivity contribution in [2.24, 2.45) is 5.92 Å². The van der Waals surface area contributed by atoms with Crippen LogP contribution < -0.4 is 5.32 Å². The summed E-state index contributed by atoms with van der Waals surface area (Å²) >= 11 is 0. The van der Waals surface area contributed by atoms with Crippen molar-refractivity contribution in [2.45, 2.75) is 57.6 Å². The standard InChI is InChI=1S/C14H24N2O3/c1-10(17)15-9-14(19)16-8-4-6-12(16)11-5-2-3-7-13(11)18/h11-13,18H,2-9H2,1H3,(H,15,17)/t11-,12+,13-/m0/s1. The van der Waals surface area contributed by atoms with Crippen molar-refractivity contribution in [1.82, 2.24) is 10.2 Å². The highest BCUT2D eigenvalue weighted by molar-refractivity contribution is 5.84. The van der Waals surface area contributed by atoms with Gasteiger partial charge in [-0.25, -0.2) is 0 Å². The number of aliphatic hydroxyl groups is 1. The lowest BCUT2D eigenvalue weighted by molar-refractivity contribution is -0.135. The van der Waals surface area contributed by atoms with Crippen molar-refractivity contribution in [3.8, 4) is 0 Å². The Morgan fingerprint density at radius 2 is 1.95 bits per heavy atom. The monoisotopic (exact) mass is 268 g/mol. The Morgan fingerprint density at radius 1 is 1.21 bits per heavy atom. The van der Waals surface area contributed by atoms with Gasteiger partial charge in [0.05, 0.1) is 12.6 Å². The lowest BCUT2D eigenvalue weighted by atomic mass is 9.80. The van der Waals surface area contributed by atoms with E-state index in [1.807, 2.05) is 4.90 Å². The van der Waals surface area contributed by atoms with E-state index in [1.165, 1.54) is 6.92 Å². The molecule has 0 aromatic carbocycles. The molecular formula is C14H24N2O3. The number of likely N-dealkylation sites (tertiary alicyclic amines) is 1. The van der Waals surface area contributed by atoms with Crippen LogP contribution in [0.2, 0.25) is 0 Å². The predicted octanol–water partition coefficient (Wildman–Crippen LogP) is 0.665. The molecule has 0 spiro atoms. The van der Waals surface area contributed by atoms with E-state index in [1.54, 1.807) is 0 Å². The lowest BCUT2D eigenvalue weighted by Gasteiger charge is -2.37. The Morgan fingerprint density at radius 3 is 2.63 bits per heavy atom. The second-order valence-electron chi connectivity index (χ2n) is 5.72. The molecule has 5 heteroatoms. The Balaban J connectivity index is 1.95. The fraction of sp³-hybridized carbons (Fsp3) is 0.857. The van der Waals surface area contributed by atoms with Crippen molar-refractivity contribution < 1.29 is 14.7 Å². The van der Waals surface area contributed by atoms with E-state index >= 15 is 0 Å². The van der Waals surface area contributed by atoms with Crippen LogP contribution in [0.4, 0.5) is 0 Å². The first-order chi connectivity index (χ1) is 9.09. The van der Waals surface area contributed by atoms with Gasteiger partial charge in [-0.05, 0) is 25.7 Å². The highest BCUT2D eigenvalue weighted by atomic mass is 16.3. The van der Waals surface area contributed by atoms with Crippen LogP contribution in [0.5, 0.6) is 0 Å². The van der Waals surface area contributed by atoms with Gasteiger partial charge in [-0.3, -0.25) is 9.59 Å². The van der Waals surface area contributed by atoms with Crippen molar-refractivity contribution in [3.05, 3.63) is 0 Å². The van der Waals surface area contributed by atoms with Gasteiger partial charge < -0.3 is 15.3 Å². The molecule has 19 heavy (non-hydrogen) atoms. The molecule has 2 aliphatic rings. The lowest BCUT2D eigenvalue weighted by Crippen LogP contribution is -2.48. The van der Waals surface area contributed by atoms with E-state index in [0.717, 1.165) is 45.1 Å². The first-order valence-corrected chi connectivity index (χ1v) is 7.31. The summed E-state index contributed by atoms with van der Waals surface area (Å²) in [6.45, 7) is 2.25. The molecule has 2 fully saturated rings. The molecule has 1 aliphatic heterocycles. The van der Waals surface area contributed by atoms with Gasteiger partial charge >= 0.3 is 0 Å². The molecule has 3 atom stereocenters. The van der Waals surface area contributed by atoms with Gasteiger partial charge in [0.2, 0.25) is 11.8 Å². The van der Waals surface area contributed by atoms with E-state index < -0.39 is 0 Å². The van der Waals surface area contributed by atoms with E-state index in [2.05, 4.69) is 5.32 Å². The largest absolute Gasteiger partial charge is 0.393 e. The van der Waals surface area contributed by atoms with Crippen LogP contribution in [0.15, 0.2) is 0 Å². The molecule has 0 bridgehead atoms. The highest BCUT2D eigenvalue weighted by Gasteiger charge is 2.38. The molecule has 2 rings (SSSR count). The van der Waals surface area contributed by atoms with Crippen LogP contribution in [0.1, 0.15) is 45.4 Å². The van der Waals surface area contributed by atoms with E-state index in [0.29, 0.717) is 0 Å². The molecule has 0 radical (unpaired) electrons. The highest BCUT2D eigenvalue weighted by Crippen LogP contribution is 2.34. The number of nitrogens with one attached hydrogen (secondary N) is 1. The summed E-state index contributed by atoms with van der Waals surface area (Å²) in [5, 5.41) is 12.7. The molecule has 108 valence electrons. The number of amides is 2. The van der Waals surface area contributed by atoms with Crippen molar-refractivity contribution in [1.29, 1.82) is 0 Å². The maximum Gasteiger partial charge on any atom is 0.242 e. The number of aliphatic hydroxyl groups excluding tert-OH is 1. The van der Waals surface area contributed by atoms with Crippen molar-refractivity contribution in [3.63, 3.8) is 0 Å². The fourth-order valence-corrected chi connectivity index (χ4v) is 3.44. The molecule has 1 aliphatic carbocycles. The second-order valence-corrected chi connectivity index (χ2v) is 5.72. The van der Waals surface area contributed by atoms with Gasteiger partial charge in [0.25, 0.3) is 0 Å². The van der Waals surface area contributed by atoms with E-state index in [9.17, 15) is 14.7 Å². The van der Waals surface area contributed by atoms with Crippen LogP contribution in [-0.2, 0) is 9.59 Å². The van der Waals surface area contributed by atoms with Gasteiger partial charge in [0.1, 0.15) is 0 Å². The third-order valence-corrected chi connectivity index (χ3v) is 4.38. The SMILES string of the molecule is CC(=O)NCC(=O)N1CCC[C@@H]1[C@@H]1CCCC[C@@H]1O. The van der Waals surface area contributed by atoms with Crippen molar-refractivity contribution in [2.75, 3.05) is 13.1 Å². The number of carbonyl (C=O) groups excluding carboxylic acids is 2. The summed E-state index contributed by atoms with van der Waals surface area (Å²) < 4.78 is 0. The first-order valence-electron chi connectivity index (χ1n) is 7.31. The van der Waals surface area contributed by atoms with Gasteiger partial charge in [-0.1, -0.05) is 12.8 Å². The molecule has 0 aromatic heterocycles. The normalized spacial score (nSPS) is 31.3. The minimum Gasteiger partial charge on any atom is -0.393 e. The summed E-state index contributed by atoms with van der Waals surface area (Å²) in [6.07, 6.45) is 5.81. The Kier molecular flexibility index (Phi) is 4.80. The Labute approximate surface area is 114 Å². The quantitative estimate of drug-likeness (QED) is 0.790. The van der Waals surface area contributed by atoms with E-state index in [4.69, 9.17) is 0 Å². The molecule has 5 nitrogen and oxygen atoms in total. The van der Waals surface area contributed by atoms with Crippen LogP contribution >= 0.6 is 0 Å². The second kappa shape index (κ2) is 6.37. The topological polar surface area (TPSA) is 69.6 Å². The molecule has 2 amide bonds. The maximum atomic E-state index is 12.1. The summed E-state index contributed by atoms with van der Waals surface area (Å²) in [5.74, 6) is 0.0230. The third-order valence-electron chi connectivity index (χ3n) is 4.38. The number of nitrogens with zero attached hydrogens (tertiary/aromatic N) is 1. The smallest absolute Gasteiger partial charge is 0.242 e. The number of hydrogen-bond donors (Lipinski definition) is 2. The molecule has 1 heterocycles. The van der Waals surface area contributed by atoms with Crippen LogP contribution in [-0.4, -0.2) is 47.1 Å². The summed E-state index contributed by atoms with van der Waals surface area (Å²) in [4.78, 5) is 24.9. The molecule has 2 N–H and O–H groups in total. The fourth-order valence-electron chi connectivity index (χ4n) is 3.44. The van der Waals surface area contributed by atoms with Gasteiger partial charge in [0, 0.05) is 25.4 Å². The number of carbonyl (C=O) groups is 2. The maximum absolute atomic E-state index is 12.1. The first kappa shape index (κ1) is 14.3. The van der Waals surface area contributed by atoms with Gasteiger partial charge in [0.15, 0.2) is 0 Å². The van der Waals surface area contributed by atoms with Crippen LogP contribution in [0.25, 0.3) is 0 Å². The molecule has 0 unspecified atom stereocenters. The Bertz CT molecular complexity index is 346. The van der Waals surface area contributed by atoms with Gasteiger partial charge in [-0.15, -0.1) is 0 Å². The minimum atomic E-state index is -0.270. The van der Waals surface area contributed by atoms with E-state index in [-0.39, 0.29) is 36.4 Å². The zero-order valence-corrected chi connectivity index (χ0v) is 11.6. The minimum absolute atomic E-state index is 0.0181. The Hall–Kier alpha value is -1.10. The average Bonchev–Trinajstić information content (AvgIpc) is 2.85. The number of hydrogen-bond acceptors (Lipinski definition) is 3. The zero-order valence-electron chi connectivity index (χ0n) is 11.6. The van der Waals surface area contributed by atoms with Crippen LogP contribution in [0, 0.1) is 5.92 Å². The molecule has 1 saturated heterocycles. The molecule has 0 aromatic rings. The average molecular weight is 268 g/mol.